The number of rotatable bonds is 4. The number of ether oxygens (including phenoxy) is 2. The first-order valence-corrected chi connectivity index (χ1v) is 8.90. The first kappa shape index (κ1) is 15.5. The Bertz CT molecular complexity index is 786. The van der Waals surface area contributed by atoms with Gasteiger partial charge >= 0.3 is 0 Å². The third-order valence-electron chi connectivity index (χ3n) is 4.16. The van der Waals surface area contributed by atoms with E-state index >= 15 is 0 Å². The lowest BCUT2D eigenvalue weighted by Gasteiger charge is -2.33. The van der Waals surface area contributed by atoms with Crippen LogP contribution in [0.2, 0.25) is 0 Å². The molecule has 1 atom stereocenters. The number of hydrogen-bond acceptors (Lipinski definition) is 6. The molecule has 1 saturated heterocycles. The van der Waals surface area contributed by atoms with Crippen LogP contribution in [0.15, 0.2) is 42.6 Å². The Hall–Kier alpha value is -2.02. The summed E-state index contributed by atoms with van der Waals surface area (Å²) in [6.45, 7) is 5.76. The molecule has 0 spiro atoms. The first-order valence-electron chi connectivity index (χ1n) is 8.08. The molecule has 1 fully saturated rings. The summed E-state index contributed by atoms with van der Waals surface area (Å²) in [5.74, 6) is 0.799. The fourth-order valence-corrected chi connectivity index (χ4v) is 3.58. The maximum atomic E-state index is 5.86. The average molecular weight is 341 g/mol. The number of pyridine rings is 1. The minimum absolute atomic E-state index is 0.463. The molecular weight excluding hydrogens is 322 g/mol. The van der Waals surface area contributed by atoms with Gasteiger partial charge in [0.2, 0.25) is 0 Å². The molecule has 2 aromatic heterocycles. The number of fused-ring (bicyclic) bond motifs is 1. The topological polar surface area (TPSA) is 47.5 Å². The zero-order valence-electron chi connectivity index (χ0n) is 13.5. The van der Waals surface area contributed by atoms with Gasteiger partial charge in [0, 0.05) is 25.3 Å². The number of benzene rings is 1. The van der Waals surface area contributed by atoms with Crippen molar-refractivity contribution in [3.05, 3.63) is 48.2 Å². The highest BCUT2D eigenvalue weighted by Crippen LogP contribution is 2.30. The first-order chi connectivity index (χ1) is 11.8. The Morgan fingerprint density at radius 1 is 1.29 bits per heavy atom. The van der Waals surface area contributed by atoms with Crippen molar-refractivity contribution in [1.82, 2.24) is 14.9 Å². The molecule has 0 N–H and O–H groups in total. The van der Waals surface area contributed by atoms with E-state index < -0.39 is 0 Å². The third-order valence-corrected chi connectivity index (χ3v) is 5.05. The van der Waals surface area contributed by atoms with Crippen LogP contribution in [0.4, 0.5) is 0 Å². The summed E-state index contributed by atoms with van der Waals surface area (Å²) in [7, 11) is 0. The fourth-order valence-electron chi connectivity index (χ4n) is 2.79. The van der Waals surface area contributed by atoms with Gasteiger partial charge in [-0.2, -0.15) is 4.98 Å². The van der Waals surface area contributed by atoms with E-state index in [-0.39, 0.29) is 0 Å². The second-order valence-electron chi connectivity index (χ2n) is 5.95. The van der Waals surface area contributed by atoms with Gasteiger partial charge in [-0.05, 0) is 36.8 Å². The molecule has 5 nitrogen and oxygen atoms in total. The van der Waals surface area contributed by atoms with Crippen LogP contribution in [0.1, 0.15) is 12.5 Å². The molecule has 24 heavy (non-hydrogen) atoms. The highest BCUT2D eigenvalue weighted by Gasteiger charge is 2.18. The molecule has 0 amide bonds. The van der Waals surface area contributed by atoms with Crippen molar-refractivity contribution in [1.29, 1.82) is 0 Å². The van der Waals surface area contributed by atoms with Crippen LogP contribution in [-0.2, 0) is 11.3 Å². The van der Waals surface area contributed by atoms with E-state index in [0.717, 1.165) is 42.4 Å². The molecule has 1 aromatic carbocycles. The van der Waals surface area contributed by atoms with Crippen molar-refractivity contribution in [3.63, 3.8) is 0 Å². The third kappa shape index (κ3) is 3.40. The van der Waals surface area contributed by atoms with Crippen molar-refractivity contribution in [2.45, 2.75) is 19.5 Å². The van der Waals surface area contributed by atoms with Gasteiger partial charge in [0.15, 0.2) is 5.65 Å². The van der Waals surface area contributed by atoms with Crippen LogP contribution in [0.25, 0.3) is 10.3 Å². The summed E-state index contributed by atoms with van der Waals surface area (Å²) in [5.41, 5.74) is 2.01. The summed E-state index contributed by atoms with van der Waals surface area (Å²) in [6.07, 6.45) is 1.74. The van der Waals surface area contributed by atoms with Crippen molar-refractivity contribution in [2.24, 2.45) is 0 Å². The van der Waals surface area contributed by atoms with Crippen molar-refractivity contribution in [3.8, 4) is 10.9 Å². The van der Waals surface area contributed by atoms with E-state index in [9.17, 15) is 0 Å². The second-order valence-corrected chi connectivity index (χ2v) is 6.94. The van der Waals surface area contributed by atoms with Gasteiger partial charge in [-0.1, -0.05) is 23.5 Å². The minimum atomic E-state index is 0.463. The largest absolute Gasteiger partial charge is 0.431 e. The Balaban J connectivity index is 1.43. The van der Waals surface area contributed by atoms with Crippen LogP contribution in [0, 0.1) is 0 Å². The number of nitrogens with zero attached hydrogens (tertiary/aromatic N) is 3. The molecule has 1 aliphatic heterocycles. The summed E-state index contributed by atoms with van der Waals surface area (Å²) >= 11 is 1.51. The fraction of sp³-hybridized carbons (Fsp3) is 0.333. The van der Waals surface area contributed by atoms with Crippen molar-refractivity contribution in [2.75, 3.05) is 19.8 Å². The van der Waals surface area contributed by atoms with E-state index in [1.807, 2.05) is 24.3 Å². The number of aromatic nitrogens is 2. The van der Waals surface area contributed by atoms with E-state index in [1.165, 1.54) is 16.9 Å². The lowest BCUT2D eigenvalue weighted by atomic mass is 10.1. The summed E-state index contributed by atoms with van der Waals surface area (Å²) < 4.78 is 12.4. The predicted octanol–water partition coefficient (Wildman–Crippen LogP) is 3.70. The van der Waals surface area contributed by atoms with Crippen LogP contribution in [0.5, 0.6) is 10.9 Å². The number of morpholine rings is 1. The Morgan fingerprint density at radius 2 is 2.17 bits per heavy atom. The molecule has 0 unspecified atom stereocenters. The van der Waals surface area contributed by atoms with Gasteiger partial charge in [0.1, 0.15) is 5.75 Å². The average Bonchev–Trinajstić information content (AvgIpc) is 3.01. The Morgan fingerprint density at radius 3 is 2.96 bits per heavy atom. The van der Waals surface area contributed by atoms with Crippen LogP contribution >= 0.6 is 11.3 Å². The normalized spacial score (nSPS) is 18.8. The van der Waals surface area contributed by atoms with Gasteiger partial charge in [-0.15, -0.1) is 0 Å². The maximum absolute atomic E-state index is 5.86. The second kappa shape index (κ2) is 6.84. The zero-order chi connectivity index (χ0) is 16.4. The quantitative estimate of drug-likeness (QED) is 0.724. The molecule has 0 radical (unpaired) electrons. The lowest BCUT2D eigenvalue weighted by Crippen LogP contribution is -2.42. The maximum Gasteiger partial charge on any atom is 0.281 e. The van der Waals surface area contributed by atoms with Gasteiger partial charge in [-0.3, -0.25) is 4.90 Å². The highest BCUT2D eigenvalue weighted by molar-refractivity contribution is 7.20. The van der Waals surface area contributed by atoms with Crippen molar-refractivity contribution >= 4 is 21.7 Å². The van der Waals surface area contributed by atoms with Crippen LogP contribution in [-0.4, -0.2) is 40.7 Å². The van der Waals surface area contributed by atoms with Crippen LogP contribution < -0.4 is 4.74 Å². The molecule has 1 aliphatic rings. The zero-order valence-corrected chi connectivity index (χ0v) is 14.3. The SMILES string of the molecule is C[C@H]1COCCN1Cc1ccc(Oc2nc3ncccc3s2)cc1. The summed E-state index contributed by atoms with van der Waals surface area (Å²) in [4.78, 5) is 11.1. The van der Waals surface area contributed by atoms with E-state index in [2.05, 4.69) is 33.9 Å². The van der Waals surface area contributed by atoms with Gasteiger partial charge in [-0.25, -0.2) is 4.98 Å². The van der Waals surface area contributed by atoms with E-state index in [1.54, 1.807) is 6.20 Å². The van der Waals surface area contributed by atoms with Gasteiger partial charge < -0.3 is 9.47 Å². The minimum Gasteiger partial charge on any atom is -0.431 e. The summed E-state index contributed by atoms with van der Waals surface area (Å²) in [5, 5.41) is 0.623. The number of hydrogen-bond donors (Lipinski definition) is 0. The lowest BCUT2D eigenvalue weighted by molar-refractivity contribution is -0.00437. The predicted molar refractivity (Wildman–Crippen MR) is 94.6 cm³/mol. The molecular formula is C18H19N3O2S. The smallest absolute Gasteiger partial charge is 0.281 e. The Kier molecular flexibility index (Phi) is 4.42. The molecule has 0 aliphatic carbocycles. The van der Waals surface area contributed by atoms with Crippen LogP contribution in [0.3, 0.4) is 0 Å². The molecule has 124 valence electrons. The van der Waals surface area contributed by atoms with E-state index in [0.29, 0.717) is 11.2 Å². The highest BCUT2D eigenvalue weighted by atomic mass is 32.1. The van der Waals surface area contributed by atoms with Gasteiger partial charge in [0.05, 0.1) is 17.9 Å². The van der Waals surface area contributed by atoms with E-state index in [4.69, 9.17) is 9.47 Å². The molecule has 3 aromatic rings. The van der Waals surface area contributed by atoms with Gasteiger partial charge in [0.25, 0.3) is 5.19 Å². The Labute approximate surface area is 144 Å². The molecule has 0 saturated carbocycles. The molecule has 6 heteroatoms. The van der Waals surface area contributed by atoms with Crippen molar-refractivity contribution < 1.29 is 9.47 Å². The monoisotopic (exact) mass is 341 g/mol. The molecule has 0 bridgehead atoms. The summed E-state index contributed by atoms with van der Waals surface area (Å²) in [6, 6.07) is 12.6. The molecule has 3 heterocycles. The standard InChI is InChI=1S/C18H19N3O2S/c1-13-12-22-10-9-21(13)11-14-4-6-15(7-5-14)23-18-20-17-16(24-18)3-2-8-19-17/h2-8,13H,9-12H2,1H3/t13-/m0/s1. The number of thiazole rings is 1. The molecule has 4 rings (SSSR count).